The molecule has 4 heteroatoms. The second-order valence-corrected chi connectivity index (χ2v) is 5.82. The van der Waals surface area contributed by atoms with Gasteiger partial charge in [-0.1, -0.05) is 51.9 Å². The Balaban J connectivity index is 2.04. The molecule has 0 aliphatic heterocycles. The van der Waals surface area contributed by atoms with Gasteiger partial charge in [-0.15, -0.1) is 0 Å². The average Bonchev–Trinajstić information content (AvgIpc) is 2.46. The number of hydrogen-bond donors (Lipinski definition) is 1. The summed E-state index contributed by atoms with van der Waals surface area (Å²) in [6.45, 7) is 2.98. The van der Waals surface area contributed by atoms with Gasteiger partial charge in [0, 0.05) is 12.7 Å². The summed E-state index contributed by atoms with van der Waals surface area (Å²) >= 11 is 3.29. The fraction of sp³-hybridized carbons (Fsp3) is 0.625. The number of halogens is 1. The number of carbonyl (C=O) groups is 1. The first-order valence-corrected chi connectivity index (χ1v) is 8.43. The van der Waals surface area contributed by atoms with Crippen LogP contribution >= 0.6 is 15.9 Å². The van der Waals surface area contributed by atoms with Crippen molar-refractivity contribution in [2.75, 3.05) is 6.54 Å². The Morgan fingerprint density at radius 2 is 1.80 bits per heavy atom. The first-order chi connectivity index (χ1) is 9.75. The maximum absolute atomic E-state index is 11.9. The molecule has 0 aliphatic carbocycles. The molecule has 0 bridgehead atoms. The van der Waals surface area contributed by atoms with Gasteiger partial charge < -0.3 is 5.32 Å². The van der Waals surface area contributed by atoms with Crippen LogP contribution in [0, 0.1) is 0 Å². The first-order valence-electron chi connectivity index (χ1n) is 7.64. The third kappa shape index (κ3) is 7.04. The first kappa shape index (κ1) is 17.2. The van der Waals surface area contributed by atoms with Gasteiger partial charge in [0.2, 0.25) is 0 Å². The second-order valence-electron chi connectivity index (χ2n) is 5.07. The van der Waals surface area contributed by atoms with E-state index in [4.69, 9.17) is 0 Å². The summed E-state index contributed by atoms with van der Waals surface area (Å²) in [4.78, 5) is 15.9. The highest BCUT2D eigenvalue weighted by Gasteiger charge is 2.08. The molecule has 1 amide bonds. The Morgan fingerprint density at radius 3 is 2.45 bits per heavy atom. The number of hydrogen-bond acceptors (Lipinski definition) is 2. The molecule has 1 aromatic heterocycles. The molecule has 0 aliphatic rings. The standard InChI is InChI=1S/C16H25BrN2O/c1-2-3-4-5-6-7-8-9-12-19-16(20)14-11-10-13-18-15(14)17/h10-11,13H,2-9,12H2,1H3,(H,19,20). The van der Waals surface area contributed by atoms with E-state index in [9.17, 15) is 4.79 Å². The highest BCUT2D eigenvalue weighted by atomic mass is 79.9. The van der Waals surface area contributed by atoms with Gasteiger partial charge in [-0.2, -0.15) is 0 Å². The zero-order valence-corrected chi connectivity index (χ0v) is 13.9. The molecule has 1 N–H and O–H groups in total. The summed E-state index contributed by atoms with van der Waals surface area (Å²) in [7, 11) is 0. The normalized spacial score (nSPS) is 10.5. The van der Waals surface area contributed by atoms with Gasteiger partial charge in [-0.05, 0) is 34.5 Å². The molecule has 1 rings (SSSR count). The minimum absolute atomic E-state index is 0.0482. The van der Waals surface area contributed by atoms with Gasteiger partial charge in [-0.25, -0.2) is 4.98 Å². The molecule has 20 heavy (non-hydrogen) atoms. The van der Waals surface area contributed by atoms with Gasteiger partial charge in [-0.3, -0.25) is 4.79 Å². The summed E-state index contributed by atoms with van der Waals surface area (Å²) < 4.78 is 0.605. The molecule has 0 aromatic carbocycles. The summed E-state index contributed by atoms with van der Waals surface area (Å²) in [6, 6.07) is 3.55. The number of rotatable bonds is 10. The largest absolute Gasteiger partial charge is 0.352 e. The summed E-state index contributed by atoms with van der Waals surface area (Å²) in [5.74, 6) is -0.0482. The number of nitrogens with zero attached hydrogens (tertiary/aromatic N) is 1. The van der Waals surface area contributed by atoms with E-state index in [0.717, 1.165) is 13.0 Å². The predicted octanol–water partition coefficient (Wildman–Crippen LogP) is 4.71. The number of unbranched alkanes of at least 4 members (excludes halogenated alkanes) is 7. The zero-order chi connectivity index (χ0) is 14.6. The van der Waals surface area contributed by atoms with Crippen molar-refractivity contribution < 1.29 is 4.79 Å². The minimum Gasteiger partial charge on any atom is -0.352 e. The van der Waals surface area contributed by atoms with E-state index in [1.54, 1.807) is 18.3 Å². The van der Waals surface area contributed by atoms with Crippen LogP contribution < -0.4 is 5.32 Å². The predicted molar refractivity (Wildman–Crippen MR) is 86.9 cm³/mol. The summed E-state index contributed by atoms with van der Waals surface area (Å²) in [5, 5.41) is 2.94. The molecule has 0 atom stereocenters. The van der Waals surface area contributed by atoms with Crippen LogP contribution in [0.15, 0.2) is 22.9 Å². The van der Waals surface area contributed by atoms with E-state index >= 15 is 0 Å². The minimum atomic E-state index is -0.0482. The molecule has 0 saturated carbocycles. The highest BCUT2D eigenvalue weighted by Crippen LogP contribution is 2.12. The molecule has 0 spiro atoms. The zero-order valence-electron chi connectivity index (χ0n) is 12.3. The topological polar surface area (TPSA) is 42.0 Å². The fourth-order valence-electron chi connectivity index (χ4n) is 2.11. The van der Waals surface area contributed by atoms with E-state index in [1.807, 2.05) is 0 Å². The summed E-state index contributed by atoms with van der Waals surface area (Å²) in [5.41, 5.74) is 0.604. The maximum atomic E-state index is 11.9. The molecule has 112 valence electrons. The lowest BCUT2D eigenvalue weighted by molar-refractivity contribution is 0.0951. The Labute approximate surface area is 130 Å². The van der Waals surface area contributed by atoms with Gasteiger partial charge in [0.1, 0.15) is 4.60 Å². The van der Waals surface area contributed by atoms with Crippen LogP contribution in [0.4, 0.5) is 0 Å². The van der Waals surface area contributed by atoms with Crippen molar-refractivity contribution in [3.8, 4) is 0 Å². The van der Waals surface area contributed by atoms with Gasteiger partial charge in [0.15, 0.2) is 0 Å². The van der Waals surface area contributed by atoms with Crippen molar-refractivity contribution in [2.24, 2.45) is 0 Å². The van der Waals surface area contributed by atoms with Crippen LogP contribution in [0.2, 0.25) is 0 Å². The third-order valence-corrected chi connectivity index (χ3v) is 3.95. The molecule has 0 unspecified atom stereocenters. The van der Waals surface area contributed by atoms with Gasteiger partial charge >= 0.3 is 0 Å². The van der Waals surface area contributed by atoms with Crippen LogP contribution in [0.5, 0.6) is 0 Å². The SMILES string of the molecule is CCCCCCCCCCNC(=O)c1cccnc1Br. The van der Waals surface area contributed by atoms with Gasteiger partial charge in [0.25, 0.3) is 5.91 Å². The van der Waals surface area contributed by atoms with E-state index in [-0.39, 0.29) is 5.91 Å². The highest BCUT2D eigenvalue weighted by molar-refractivity contribution is 9.10. The monoisotopic (exact) mass is 340 g/mol. The number of aromatic nitrogens is 1. The Morgan fingerprint density at radius 1 is 1.15 bits per heavy atom. The van der Waals surface area contributed by atoms with E-state index in [1.165, 1.54) is 44.9 Å². The molecule has 3 nitrogen and oxygen atoms in total. The van der Waals surface area contributed by atoms with E-state index < -0.39 is 0 Å². The lowest BCUT2D eigenvalue weighted by Gasteiger charge is -2.06. The molecule has 0 radical (unpaired) electrons. The maximum Gasteiger partial charge on any atom is 0.254 e. The van der Waals surface area contributed by atoms with Crippen LogP contribution in [0.25, 0.3) is 0 Å². The molecular weight excluding hydrogens is 316 g/mol. The van der Waals surface area contributed by atoms with Crippen molar-refractivity contribution >= 4 is 21.8 Å². The molecule has 0 saturated heterocycles. The smallest absolute Gasteiger partial charge is 0.254 e. The Bertz CT molecular complexity index is 396. The molecule has 1 heterocycles. The van der Waals surface area contributed by atoms with Crippen molar-refractivity contribution in [2.45, 2.75) is 58.3 Å². The third-order valence-electron chi connectivity index (χ3n) is 3.32. The number of nitrogens with one attached hydrogen (secondary N) is 1. The average molecular weight is 341 g/mol. The second kappa shape index (κ2) is 10.8. The van der Waals surface area contributed by atoms with Crippen LogP contribution in [-0.2, 0) is 0 Å². The van der Waals surface area contributed by atoms with Gasteiger partial charge in [0.05, 0.1) is 5.56 Å². The Hall–Kier alpha value is -0.900. The van der Waals surface area contributed by atoms with Crippen molar-refractivity contribution in [1.82, 2.24) is 10.3 Å². The van der Waals surface area contributed by atoms with Crippen LogP contribution in [-0.4, -0.2) is 17.4 Å². The molecule has 0 fully saturated rings. The number of amides is 1. The number of carbonyl (C=O) groups excluding carboxylic acids is 1. The van der Waals surface area contributed by atoms with Crippen LogP contribution in [0.3, 0.4) is 0 Å². The quantitative estimate of drug-likeness (QED) is 0.494. The van der Waals surface area contributed by atoms with Crippen LogP contribution in [0.1, 0.15) is 68.6 Å². The lowest BCUT2D eigenvalue weighted by atomic mass is 10.1. The van der Waals surface area contributed by atoms with Crippen molar-refractivity contribution in [3.63, 3.8) is 0 Å². The number of pyridine rings is 1. The Kier molecular flexibility index (Phi) is 9.29. The van der Waals surface area contributed by atoms with E-state index in [2.05, 4.69) is 33.2 Å². The van der Waals surface area contributed by atoms with E-state index in [0.29, 0.717) is 10.2 Å². The summed E-state index contributed by atoms with van der Waals surface area (Å²) in [6.07, 6.45) is 11.9. The molecule has 1 aromatic rings. The molecular formula is C16H25BrN2O. The lowest BCUT2D eigenvalue weighted by Crippen LogP contribution is -2.24. The van der Waals surface area contributed by atoms with Crippen molar-refractivity contribution in [3.05, 3.63) is 28.5 Å². The fourth-order valence-corrected chi connectivity index (χ4v) is 2.54. The van der Waals surface area contributed by atoms with Crippen molar-refractivity contribution in [1.29, 1.82) is 0 Å².